The minimum atomic E-state index is -3.89. The van der Waals surface area contributed by atoms with E-state index in [0.717, 1.165) is 36.0 Å². The predicted octanol–water partition coefficient (Wildman–Crippen LogP) is 3.85. The first kappa shape index (κ1) is 31.1. The molecular formula is C32H39N5O4S2. The Hall–Kier alpha value is -3.38. The van der Waals surface area contributed by atoms with Gasteiger partial charge in [0.25, 0.3) is 15.9 Å². The molecule has 0 spiro atoms. The van der Waals surface area contributed by atoms with Crippen LogP contribution in [0.5, 0.6) is 0 Å². The Kier molecular flexibility index (Phi) is 10.4. The van der Waals surface area contributed by atoms with Gasteiger partial charge in [-0.1, -0.05) is 42.1 Å². The molecule has 1 atom stereocenters. The first-order chi connectivity index (χ1) is 20.8. The van der Waals surface area contributed by atoms with Gasteiger partial charge in [0.2, 0.25) is 5.91 Å². The monoisotopic (exact) mass is 621 g/mol. The van der Waals surface area contributed by atoms with E-state index < -0.39 is 15.9 Å². The standard InChI is InChI=1S/C32H39N5O4S2/c1-35-17-7-8-25(23-35)24-36-18-20-37(21-19-36)31(38)22-33-32(39)26-13-15-28(16-14-26)43(40,41)34-29-11-5-6-12-30(29)42-27-9-3-2-4-10-27/h2-6,9-16,25,34H,7-8,17-24H2,1H3,(H,33,39). The molecule has 2 saturated heterocycles. The second kappa shape index (κ2) is 14.4. The highest BCUT2D eigenvalue weighted by Crippen LogP contribution is 2.34. The number of piperazine rings is 1. The molecule has 3 aromatic rings. The first-order valence-electron chi connectivity index (χ1n) is 14.7. The van der Waals surface area contributed by atoms with E-state index in [4.69, 9.17) is 0 Å². The maximum Gasteiger partial charge on any atom is 0.261 e. The van der Waals surface area contributed by atoms with E-state index in [1.54, 1.807) is 17.0 Å². The Balaban J connectivity index is 1.10. The number of anilines is 1. The summed E-state index contributed by atoms with van der Waals surface area (Å²) in [6.45, 7) is 6.30. The average Bonchev–Trinajstić information content (AvgIpc) is 3.01. The van der Waals surface area contributed by atoms with Gasteiger partial charge in [-0.15, -0.1) is 0 Å². The van der Waals surface area contributed by atoms with E-state index in [0.29, 0.717) is 24.7 Å². The average molecular weight is 622 g/mol. The van der Waals surface area contributed by atoms with Crippen molar-refractivity contribution in [2.24, 2.45) is 5.92 Å². The molecule has 2 N–H and O–H groups in total. The number of piperidine rings is 1. The summed E-state index contributed by atoms with van der Waals surface area (Å²) >= 11 is 1.47. The predicted molar refractivity (Wildman–Crippen MR) is 170 cm³/mol. The number of hydrogen-bond acceptors (Lipinski definition) is 7. The summed E-state index contributed by atoms with van der Waals surface area (Å²) in [5.41, 5.74) is 0.758. The summed E-state index contributed by atoms with van der Waals surface area (Å²) in [5.74, 6) is 0.155. The molecule has 0 saturated carbocycles. The van der Waals surface area contributed by atoms with Gasteiger partial charge < -0.3 is 15.1 Å². The van der Waals surface area contributed by atoms with Crippen LogP contribution in [0.2, 0.25) is 0 Å². The number of likely N-dealkylation sites (tertiary alicyclic amines) is 1. The molecule has 3 aromatic carbocycles. The van der Waals surface area contributed by atoms with E-state index in [2.05, 4.69) is 26.9 Å². The fourth-order valence-corrected chi connectivity index (χ4v) is 7.65. The van der Waals surface area contributed by atoms with Gasteiger partial charge in [0, 0.05) is 54.6 Å². The van der Waals surface area contributed by atoms with Crippen molar-refractivity contribution in [3.63, 3.8) is 0 Å². The van der Waals surface area contributed by atoms with Crippen molar-refractivity contribution in [3.05, 3.63) is 84.4 Å². The van der Waals surface area contributed by atoms with Crippen LogP contribution in [0.25, 0.3) is 0 Å². The van der Waals surface area contributed by atoms with Gasteiger partial charge in [-0.05, 0) is 80.9 Å². The zero-order valence-corrected chi connectivity index (χ0v) is 26.1. The summed E-state index contributed by atoms with van der Waals surface area (Å²) in [4.78, 5) is 34.0. The van der Waals surface area contributed by atoms with E-state index in [9.17, 15) is 18.0 Å². The van der Waals surface area contributed by atoms with E-state index in [-0.39, 0.29) is 22.9 Å². The van der Waals surface area contributed by atoms with Crippen LogP contribution in [0, 0.1) is 5.92 Å². The highest BCUT2D eigenvalue weighted by atomic mass is 32.2. The van der Waals surface area contributed by atoms with Crippen molar-refractivity contribution in [2.75, 3.05) is 64.1 Å². The molecule has 2 fully saturated rings. The van der Waals surface area contributed by atoms with Gasteiger partial charge in [-0.25, -0.2) is 8.42 Å². The number of hydrogen-bond donors (Lipinski definition) is 2. The Morgan fingerprint density at radius 1 is 0.884 bits per heavy atom. The number of sulfonamides is 1. The zero-order chi connectivity index (χ0) is 30.2. The molecule has 2 heterocycles. The smallest absolute Gasteiger partial charge is 0.261 e. The fraction of sp³-hybridized carbons (Fsp3) is 0.375. The van der Waals surface area contributed by atoms with Gasteiger partial charge in [0.1, 0.15) is 0 Å². The molecule has 0 aliphatic carbocycles. The van der Waals surface area contributed by atoms with Crippen molar-refractivity contribution >= 4 is 39.3 Å². The van der Waals surface area contributed by atoms with Crippen molar-refractivity contribution in [2.45, 2.75) is 27.5 Å². The van der Waals surface area contributed by atoms with Gasteiger partial charge >= 0.3 is 0 Å². The van der Waals surface area contributed by atoms with Crippen LogP contribution in [-0.2, 0) is 14.8 Å². The Morgan fingerprint density at radius 3 is 2.30 bits per heavy atom. The second-order valence-corrected chi connectivity index (χ2v) is 14.0. The summed E-state index contributed by atoms with van der Waals surface area (Å²) < 4.78 is 29.0. The summed E-state index contributed by atoms with van der Waals surface area (Å²) in [7, 11) is -1.71. The van der Waals surface area contributed by atoms with Crippen LogP contribution in [0.1, 0.15) is 23.2 Å². The molecular weight excluding hydrogens is 583 g/mol. The van der Waals surface area contributed by atoms with Crippen molar-refractivity contribution in [3.8, 4) is 0 Å². The van der Waals surface area contributed by atoms with Gasteiger partial charge in [0.15, 0.2) is 0 Å². The third-order valence-electron chi connectivity index (χ3n) is 7.89. The highest BCUT2D eigenvalue weighted by molar-refractivity contribution is 7.99. The number of carbonyl (C=O) groups excluding carboxylic acids is 2. The van der Waals surface area contributed by atoms with Crippen LogP contribution < -0.4 is 10.0 Å². The fourth-order valence-electron chi connectivity index (χ4n) is 5.58. The van der Waals surface area contributed by atoms with Crippen LogP contribution in [0.3, 0.4) is 0 Å². The Labute approximate surface area is 258 Å². The quantitative estimate of drug-likeness (QED) is 0.355. The van der Waals surface area contributed by atoms with Crippen molar-refractivity contribution in [1.82, 2.24) is 20.0 Å². The lowest BCUT2D eigenvalue weighted by Crippen LogP contribution is -2.52. The van der Waals surface area contributed by atoms with Crippen LogP contribution in [0.15, 0.2) is 93.5 Å². The molecule has 2 aliphatic rings. The number of nitrogens with one attached hydrogen (secondary N) is 2. The molecule has 0 radical (unpaired) electrons. The number of benzene rings is 3. The third kappa shape index (κ3) is 8.60. The minimum Gasteiger partial charge on any atom is -0.343 e. The number of carbonyl (C=O) groups is 2. The van der Waals surface area contributed by atoms with Crippen molar-refractivity contribution < 1.29 is 18.0 Å². The van der Waals surface area contributed by atoms with Crippen LogP contribution in [-0.4, -0.2) is 94.3 Å². The summed E-state index contributed by atoms with van der Waals surface area (Å²) in [5, 5.41) is 2.69. The third-order valence-corrected chi connectivity index (χ3v) is 10.4. The molecule has 0 bridgehead atoms. The zero-order valence-electron chi connectivity index (χ0n) is 24.4. The SMILES string of the molecule is CN1CCCC(CN2CCN(C(=O)CNC(=O)c3ccc(S(=O)(=O)Nc4ccccc4Sc4ccccc4)cc3)CC2)C1. The van der Waals surface area contributed by atoms with Gasteiger partial charge in [0.05, 0.1) is 17.1 Å². The number of amides is 2. The highest BCUT2D eigenvalue weighted by Gasteiger charge is 2.25. The van der Waals surface area contributed by atoms with E-state index >= 15 is 0 Å². The second-order valence-electron chi connectivity index (χ2n) is 11.2. The molecule has 228 valence electrons. The van der Waals surface area contributed by atoms with Crippen LogP contribution >= 0.6 is 11.8 Å². The Morgan fingerprint density at radius 2 is 1.58 bits per heavy atom. The number of nitrogens with zero attached hydrogens (tertiary/aromatic N) is 3. The molecule has 43 heavy (non-hydrogen) atoms. The molecule has 2 amide bonds. The first-order valence-corrected chi connectivity index (χ1v) is 17.0. The maximum atomic E-state index is 13.1. The van der Waals surface area contributed by atoms with Crippen molar-refractivity contribution in [1.29, 1.82) is 0 Å². The minimum absolute atomic E-state index is 0.0392. The van der Waals surface area contributed by atoms with E-state index in [1.807, 2.05) is 42.5 Å². The van der Waals surface area contributed by atoms with E-state index in [1.165, 1.54) is 55.4 Å². The summed E-state index contributed by atoms with van der Waals surface area (Å²) in [6, 6.07) is 22.7. The number of para-hydroxylation sites is 1. The lowest BCUT2D eigenvalue weighted by molar-refractivity contribution is -0.131. The molecule has 0 aromatic heterocycles. The lowest BCUT2D eigenvalue weighted by Gasteiger charge is -2.38. The van der Waals surface area contributed by atoms with Crippen LogP contribution in [0.4, 0.5) is 5.69 Å². The number of rotatable bonds is 10. The van der Waals surface area contributed by atoms with Gasteiger partial charge in [-0.2, -0.15) is 0 Å². The topological polar surface area (TPSA) is 102 Å². The maximum absolute atomic E-state index is 13.1. The normalized spacial score (nSPS) is 18.3. The molecule has 9 nitrogen and oxygen atoms in total. The summed E-state index contributed by atoms with van der Waals surface area (Å²) in [6.07, 6.45) is 2.51. The molecule has 1 unspecified atom stereocenters. The Bertz CT molecular complexity index is 1490. The molecule has 2 aliphatic heterocycles. The largest absolute Gasteiger partial charge is 0.343 e. The lowest BCUT2D eigenvalue weighted by atomic mass is 9.97. The molecule has 11 heteroatoms. The van der Waals surface area contributed by atoms with Gasteiger partial charge in [-0.3, -0.25) is 19.2 Å². The molecule has 5 rings (SSSR count).